The van der Waals surface area contributed by atoms with Crippen LogP contribution in [0.5, 0.6) is 5.75 Å². The van der Waals surface area contributed by atoms with Gasteiger partial charge in [0.1, 0.15) is 11.9 Å². The molecule has 0 unspecified atom stereocenters. The first kappa shape index (κ1) is 20.6. The third-order valence-corrected chi connectivity index (χ3v) is 7.28. The minimum Gasteiger partial charge on any atom is -0.490 e. The van der Waals surface area contributed by atoms with E-state index in [1.807, 2.05) is 25.1 Å². The monoisotopic (exact) mass is 404 g/mol. The Morgan fingerprint density at radius 1 is 1.07 bits per heavy atom. The summed E-state index contributed by atoms with van der Waals surface area (Å²) in [6.07, 6.45) is 1.09. The zero-order chi connectivity index (χ0) is 20.5. The van der Waals surface area contributed by atoms with Gasteiger partial charge in [0.05, 0.1) is 4.90 Å². The molecule has 0 amide bonds. The lowest BCUT2D eigenvalue weighted by Gasteiger charge is -2.31. The zero-order valence-corrected chi connectivity index (χ0v) is 17.7. The van der Waals surface area contributed by atoms with Crippen molar-refractivity contribution in [2.45, 2.75) is 50.5 Å². The molecule has 0 spiro atoms. The van der Waals surface area contributed by atoms with Crippen LogP contribution in [0.2, 0.25) is 0 Å². The van der Waals surface area contributed by atoms with Crippen LogP contribution in [0.3, 0.4) is 0 Å². The fourth-order valence-corrected chi connectivity index (χ4v) is 4.83. The Labute approximate surface area is 166 Å². The molecule has 1 aromatic carbocycles. The van der Waals surface area contributed by atoms with Gasteiger partial charge in [-0.3, -0.25) is 4.79 Å². The summed E-state index contributed by atoms with van der Waals surface area (Å²) in [4.78, 5) is 12.2. The van der Waals surface area contributed by atoms with Crippen LogP contribution in [0.15, 0.2) is 46.1 Å². The van der Waals surface area contributed by atoms with Crippen LogP contribution in [-0.2, 0) is 17.1 Å². The Morgan fingerprint density at radius 3 is 2.21 bits per heavy atom. The van der Waals surface area contributed by atoms with Crippen molar-refractivity contribution >= 4 is 10.0 Å². The Hall–Kier alpha value is -2.12. The predicted molar refractivity (Wildman–Crippen MR) is 109 cm³/mol. The van der Waals surface area contributed by atoms with Crippen LogP contribution in [-0.4, -0.2) is 36.5 Å². The van der Waals surface area contributed by atoms with E-state index >= 15 is 0 Å². The second-order valence-electron chi connectivity index (χ2n) is 7.67. The molecule has 7 heteroatoms. The van der Waals surface area contributed by atoms with E-state index in [1.54, 1.807) is 23.7 Å². The number of rotatable bonds is 5. The SMILES string of the molecule is Cc1cc(OC2CCN(S(=O)(=O)c3ccc(C(C)C)cc3)CC2)cc(=O)n1C. The first-order valence-corrected chi connectivity index (χ1v) is 11.1. The van der Waals surface area contributed by atoms with Crippen molar-refractivity contribution in [1.29, 1.82) is 0 Å². The maximum atomic E-state index is 12.9. The Morgan fingerprint density at radius 2 is 1.68 bits per heavy atom. The lowest BCUT2D eigenvalue weighted by atomic mass is 10.0. The molecule has 0 bridgehead atoms. The van der Waals surface area contributed by atoms with Gasteiger partial charge in [0.25, 0.3) is 5.56 Å². The normalized spacial score (nSPS) is 16.5. The number of piperidine rings is 1. The molecule has 3 rings (SSSR count). The number of hydrogen-bond acceptors (Lipinski definition) is 4. The first-order valence-electron chi connectivity index (χ1n) is 9.63. The van der Waals surface area contributed by atoms with Crippen molar-refractivity contribution in [2.24, 2.45) is 7.05 Å². The van der Waals surface area contributed by atoms with Gasteiger partial charge in [0.2, 0.25) is 10.0 Å². The first-order chi connectivity index (χ1) is 13.2. The molecule has 0 atom stereocenters. The summed E-state index contributed by atoms with van der Waals surface area (Å²) in [5.41, 5.74) is 1.84. The second kappa shape index (κ2) is 8.09. The summed E-state index contributed by atoms with van der Waals surface area (Å²) in [7, 11) is -1.77. The standard InChI is InChI=1S/C21H28N2O4S/c1-15(2)17-5-7-20(8-6-17)28(25,26)23-11-9-18(10-12-23)27-19-13-16(3)22(4)21(24)14-19/h5-8,13-15,18H,9-12H2,1-4H3. The van der Waals surface area contributed by atoms with E-state index in [0.717, 1.165) is 11.3 Å². The van der Waals surface area contributed by atoms with Gasteiger partial charge in [-0.2, -0.15) is 4.31 Å². The summed E-state index contributed by atoms with van der Waals surface area (Å²) < 4.78 is 34.8. The predicted octanol–water partition coefficient (Wildman–Crippen LogP) is 3.05. The number of benzene rings is 1. The maximum absolute atomic E-state index is 12.9. The molecule has 0 saturated carbocycles. The van der Waals surface area contributed by atoms with E-state index in [4.69, 9.17) is 4.74 Å². The third-order valence-electron chi connectivity index (χ3n) is 5.36. The average molecular weight is 405 g/mol. The fourth-order valence-electron chi connectivity index (χ4n) is 3.36. The van der Waals surface area contributed by atoms with Crippen molar-refractivity contribution in [3.63, 3.8) is 0 Å². The quantitative estimate of drug-likeness (QED) is 0.768. The number of ether oxygens (including phenoxy) is 1. The number of aryl methyl sites for hydroxylation is 1. The van der Waals surface area contributed by atoms with Crippen LogP contribution in [0.25, 0.3) is 0 Å². The van der Waals surface area contributed by atoms with Crippen molar-refractivity contribution in [3.8, 4) is 5.75 Å². The molecule has 1 aromatic heterocycles. The summed E-state index contributed by atoms with van der Waals surface area (Å²) >= 11 is 0. The van der Waals surface area contributed by atoms with Crippen molar-refractivity contribution < 1.29 is 13.2 Å². The van der Waals surface area contributed by atoms with Gasteiger partial charge in [0.15, 0.2) is 0 Å². The van der Waals surface area contributed by atoms with Gasteiger partial charge < -0.3 is 9.30 Å². The minimum absolute atomic E-state index is 0.0960. The van der Waals surface area contributed by atoms with Crippen molar-refractivity contribution in [3.05, 3.63) is 58.0 Å². The van der Waals surface area contributed by atoms with E-state index in [1.165, 1.54) is 10.4 Å². The van der Waals surface area contributed by atoms with Crippen LogP contribution in [0, 0.1) is 6.92 Å². The van der Waals surface area contributed by atoms with E-state index in [2.05, 4.69) is 13.8 Å². The molecule has 2 heterocycles. The molecule has 6 nitrogen and oxygen atoms in total. The second-order valence-corrected chi connectivity index (χ2v) is 9.61. The molecule has 1 fully saturated rings. The van der Waals surface area contributed by atoms with E-state index in [0.29, 0.717) is 42.5 Å². The topological polar surface area (TPSA) is 68.6 Å². The Bertz CT molecular complexity index is 986. The Balaban J connectivity index is 1.65. The molecule has 1 aliphatic rings. The zero-order valence-electron chi connectivity index (χ0n) is 16.9. The lowest BCUT2D eigenvalue weighted by Crippen LogP contribution is -2.41. The largest absolute Gasteiger partial charge is 0.490 e. The average Bonchev–Trinajstić information content (AvgIpc) is 2.66. The van der Waals surface area contributed by atoms with E-state index < -0.39 is 10.0 Å². The highest BCUT2D eigenvalue weighted by atomic mass is 32.2. The molecular formula is C21H28N2O4S. The number of nitrogens with zero attached hydrogens (tertiary/aromatic N) is 2. The summed E-state index contributed by atoms with van der Waals surface area (Å²) in [6.45, 7) is 6.83. The summed E-state index contributed by atoms with van der Waals surface area (Å²) in [5.74, 6) is 0.911. The molecule has 28 heavy (non-hydrogen) atoms. The van der Waals surface area contributed by atoms with Crippen LogP contribution >= 0.6 is 0 Å². The molecule has 0 radical (unpaired) electrons. The van der Waals surface area contributed by atoms with Gasteiger partial charge in [-0.1, -0.05) is 26.0 Å². The third kappa shape index (κ3) is 4.31. The number of pyridine rings is 1. The summed E-state index contributed by atoms with van der Waals surface area (Å²) in [5, 5.41) is 0. The smallest absolute Gasteiger partial charge is 0.254 e. The molecule has 0 aliphatic carbocycles. The van der Waals surface area contributed by atoms with Gasteiger partial charge in [-0.05, 0) is 49.4 Å². The highest BCUT2D eigenvalue weighted by Crippen LogP contribution is 2.25. The van der Waals surface area contributed by atoms with Gasteiger partial charge >= 0.3 is 0 Å². The maximum Gasteiger partial charge on any atom is 0.254 e. The van der Waals surface area contributed by atoms with Crippen molar-refractivity contribution in [2.75, 3.05) is 13.1 Å². The van der Waals surface area contributed by atoms with Crippen LogP contribution in [0.1, 0.15) is 43.9 Å². The van der Waals surface area contributed by atoms with Crippen LogP contribution < -0.4 is 10.3 Å². The highest BCUT2D eigenvalue weighted by Gasteiger charge is 2.30. The fraction of sp³-hybridized carbons (Fsp3) is 0.476. The number of aromatic nitrogens is 1. The molecule has 1 saturated heterocycles. The van der Waals surface area contributed by atoms with Gasteiger partial charge in [-0.15, -0.1) is 0 Å². The molecule has 2 aromatic rings. The van der Waals surface area contributed by atoms with E-state index in [9.17, 15) is 13.2 Å². The van der Waals surface area contributed by atoms with E-state index in [-0.39, 0.29) is 11.7 Å². The van der Waals surface area contributed by atoms with Crippen LogP contribution in [0.4, 0.5) is 0 Å². The van der Waals surface area contributed by atoms with Crippen molar-refractivity contribution in [1.82, 2.24) is 8.87 Å². The Kier molecular flexibility index (Phi) is 5.95. The highest BCUT2D eigenvalue weighted by molar-refractivity contribution is 7.89. The molecule has 152 valence electrons. The number of sulfonamides is 1. The molecule has 1 aliphatic heterocycles. The number of hydrogen-bond donors (Lipinski definition) is 0. The molecule has 0 N–H and O–H groups in total. The van der Waals surface area contributed by atoms with Gasteiger partial charge in [-0.25, -0.2) is 8.42 Å². The van der Waals surface area contributed by atoms with Gasteiger partial charge in [0, 0.05) is 31.9 Å². The molecular weight excluding hydrogens is 376 g/mol. The summed E-state index contributed by atoms with van der Waals surface area (Å²) in [6, 6.07) is 10.5. The lowest BCUT2D eigenvalue weighted by molar-refractivity contribution is 0.134. The minimum atomic E-state index is -3.50.